The van der Waals surface area contributed by atoms with Gasteiger partial charge in [-0.3, -0.25) is 4.79 Å². The van der Waals surface area contributed by atoms with Gasteiger partial charge in [-0.05, 0) is 18.6 Å². The van der Waals surface area contributed by atoms with Gasteiger partial charge in [-0.25, -0.2) is 0 Å². The molecule has 0 bridgehead atoms. The van der Waals surface area contributed by atoms with Crippen LogP contribution in [0.1, 0.15) is 17.5 Å². The van der Waals surface area contributed by atoms with Gasteiger partial charge in [0.1, 0.15) is 6.42 Å². The molecule has 1 aromatic rings. The van der Waals surface area contributed by atoms with Gasteiger partial charge >= 0.3 is 5.97 Å². The number of anilines is 1. The predicted molar refractivity (Wildman–Crippen MR) is 59.1 cm³/mol. The second-order valence-electron chi connectivity index (χ2n) is 3.09. The molecule has 0 aliphatic carbocycles. The molecule has 0 aliphatic rings. The molecule has 1 aromatic carbocycles. The minimum absolute atomic E-state index is 0.0876. The minimum Gasteiger partial charge on any atom is -0.468 e. The van der Waals surface area contributed by atoms with Gasteiger partial charge in [0.2, 0.25) is 0 Å². The first-order valence-electron chi connectivity index (χ1n) is 4.56. The van der Waals surface area contributed by atoms with Crippen molar-refractivity contribution in [3.05, 3.63) is 29.3 Å². The van der Waals surface area contributed by atoms with Gasteiger partial charge in [-0.15, -0.1) is 0 Å². The Morgan fingerprint density at radius 1 is 1.53 bits per heavy atom. The molecule has 0 amide bonds. The van der Waals surface area contributed by atoms with Gasteiger partial charge in [-0.2, -0.15) is 0 Å². The van der Waals surface area contributed by atoms with Crippen molar-refractivity contribution in [2.75, 3.05) is 12.8 Å². The Balaban J connectivity index is 2.84. The van der Waals surface area contributed by atoms with Crippen molar-refractivity contribution >= 4 is 11.7 Å². The Hall–Kier alpha value is -1.95. The summed E-state index contributed by atoms with van der Waals surface area (Å²) in [5.41, 5.74) is 8.17. The van der Waals surface area contributed by atoms with Gasteiger partial charge in [0.05, 0.1) is 12.7 Å². The van der Waals surface area contributed by atoms with Crippen molar-refractivity contribution in [1.29, 1.82) is 0 Å². The van der Waals surface area contributed by atoms with Crippen LogP contribution in [-0.2, 0) is 9.53 Å². The highest BCUT2D eigenvalue weighted by molar-refractivity contribution is 5.73. The molecule has 0 aliphatic heterocycles. The number of rotatable bonds is 1. The number of benzene rings is 1. The van der Waals surface area contributed by atoms with Crippen LogP contribution in [0.3, 0.4) is 0 Å². The van der Waals surface area contributed by atoms with Crippen molar-refractivity contribution in [2.24, 2.45) is 0 Å². The zero-order chi connectivity index (χ0) is 11.3. The summed E-state index contributed by atoms with van der Waals surface area (Å²) in [4.78, 5) is 10.8. The lowest BCUT2D eigenvalue weighted by molar-refractivity contribution is -0.139. The molecule has 0 spiro atoms. The van der Waals surface area contributed by atoms with Gasteiger partial charge in [0.15, 0.2) is 0 Å². The van der Waals surface area contributed by atoms with E-state index >= 15 is 0 Å². The standard InChI is InChI=1S/C12H13NO2/c1-9-5-3-7-11(13)10(9)6-4-8-12(14)15-2/h3,5,7H,8,13H2,1-2H3. The van der Waals surface area contributed by atoms with Gasteiger partial charge in [-0.1, -0.05) is 24.0 Å². The van der Waals surface area contributed by atoms with E-state index in [1.165, 1.54) is 7.11 Å². The zero-order valence-corrected chi connectivity index (χ0v) is 8.83. The highest BCUT2D eigenvalue weighted by atomic mass is 16.5. The second-order valence-corrected chi connectivity index (χ2v) is 3.09. The number of nitrogen functional groups attached to an aromatic ring is 1. The molecule has 0 atom stereocenters. The third-order valence-electron chi connectivity index (χ3n) is 1.98. The number of carbonyl (C=O) groups is 1. The molecule has 0 heterocycles. The average Bonchev–Trinajstić information content (AvgIpc) is 2.22. The number of methoxy groups -OCH3 is 1. The van der Waals surface area contributed by atoms with Crippen molar-refractivity contribution in [2.45, 2.75) is 13.3 Å². The normalized spacial score (nSPS) is 8.93. The number of ether oxygens (including phenoxy) is 1. The number of carbonyl (C=O) groups excluding carboxylic acids is 1. The van der Waals surface area contributed by atoms with Gasteiger partial charge in [0.25, 0.3) is 0 Å². The van der Waals surface area contributed by atoms with Crippen LogP contribution in [0.5, 0.6) is 0 Å². The van der Waals surface area contributed by atoms with Gasteiger partial charge < -0.3 is 10.5 Å². The molecular weight excluding hydrogens is 190 g/mol. The summed E-state index contributed by atoms with van der Waals surface area (Å²) in [6, 6.07) is 5.59. The molecule has 78 valence electrons. The number of esters is 1. The average molecular weight is 203 g/mol. The fourth-order valence-corrected chi connectivity index (χ4v) is 1.14. The molecule has 15 heavy (non-hydrogen) atoms. The SMILES string of the molecule is COC(=O)CC#Cc1c(C)cccc1N. The van der Waals surface area contributed by atoms with Crippen LogP contribution in [0.15, 0.2) is 18.2 Å². The fourth-order valence-electron chi connectivity index (χ4n) is 1.14. The van der Waals surface area contributed by atoms with E-state index in [4.69, 9.17) is 5.73 Å². The van der Waals surface area contributed by atoms with Crippen molar-refractivity contribution < 1.29 is 9.53 Å². The molecule has 1 rings (SSSR count). The molecule has 0 fully saturated rings. The largest absolute Gasteiger partial charge is 0.468 e. The Morgan fingerprint density at radius 3 is 2.87 bits per heavy atom. The quantitative estimate of drug-likeness (QED) is 0.427. The lowest BCUT2D eigenvalue weighted by Crippen LogP contribution is -1.97. The summed E-state index contributed by atoms with van der Waals surface area (Å²) in [5, 5.41) is 0. The Labute approximate surface area is 89.2 Å². The molecule has 0 radical (unpaired) electrons. The van der Waals surface area contributed by atoms with E-state index in [2.05, 4.69) is 16.6 Å². The van der Waals surface area contributed by atoms with Crippen LogP contribution in [0.25, 0.3) is 0 Å². The summed E-state index contributed by atoms with van der Waals surface area (Å²) < 4.78 is 4.48. The van der Waals surface area contributed by atoms with E-state index in [0.717, 1.165) is 11.1 Å². The zero-order valence-electron chi connectivity index (χ0n) is 8.83. The molecule has 0 saturated heterocycles. The molecule has 0 aromatic heterocycles. The van der Waals surface area contributed by atoms with Crippen molar-refractivity contribution in [3.63, 3.8) is 0 Å². The van der Waals surface area contributed by atoms with Crippen LogP contribution in [0.2, 0.25) is 0 Å². The lowest BCUT2D eigenvalue weighted by atomic mass is 10.1. The maximum absolute atomic E-state index is 10.8. The highest BCUT2D eigenvalue weighted by Gasteiger charge is 1.99. The summed E-state index contributed by atoms with van der Waals surface area (Å²) in [6.45, 7) is 1.93. The smallest absolute Gasteiger partial charge is 0.317 e. The topological polar surface area (TPSA) is 52.3 Å². The maximum Gasteiger partial charge on any atom is 0.317 e. The first-order chi connectivity index (χ1) is 7.15. The molecule has 3 heteroatoms. The number of aryl methyl sites for hydroxylation is 1. The molecule has 0 unspecified atom stereocenters. The van der Waals surface area contributed by atoms with Crippen molar-refractivity contribution in [3.8, 4) is 11.8 Å². The van der Waals surface area contributed by atoms with Crippen LogP contribution in [0.4, 0.5) is 5.69 Å². The van der Waals surface area contributed by atoms with E-state index in [-0.39, 0.29) is 12.4 Å². The number of nitrogens with two attached hydrogens (primary N) is 1. The Morgan fingerprint density at radius 2 is 2.27 bits per heavy atom. The van der Waals surface area contributed by atoms with Crippen molar-refractivity contribution in [1.82, 2.24) is 0 Å². The fraction of sp³-hybridized carbons (Fsp3) is 0.250. The first kappa shape index (κ1) is 11.1. The van der Waals surface area contributed by atoms with Crippen LogP contribution in [0, 0.1) is 18.8 Å². The summed E-state index contributed by atoms with van der Waals surface area (Å²) in [5.74, 6) is 5.26. The van der Waals surface area contributed by atoms with E-state index in [1.54, 1.807) is 6.07 Å². The monoisotopic (exact) mass is 203 g/mol. The predicted octanol–water partition coefficient (Wildman–Crippen LogP) is 1.49. The third kappa shape index (κ3) is 3.03. The Kier molecular flexibility index (Phi) is 3.75. The minimum atomic E-state index is -0.338. The van der Waals surface area contributed by atoms with E-state index in [1.807, 2.05) is 19.1 Å². The summed E-state index contributed by atoms with van der Waals surface area (Å²) in [7, 11) is 1.34. The molecule has 0 saturated carbocycles. The van der Waals surface area contributed by atoms with Crippen LogP contribution >= 0.6 is 0 Å². The van der Waals surface area contributed by atoms with E-state index in [0.29, 0.717) is 5.69 Å². The van der Waals surface area contributed by atoms with Crippen LogP contribution in [-0.4, -0.2) is 13.1 Å². The summed E-state index contributed by atoms with van der Waals surface area (Å²) in [6.07, 6.45) is 0.0876. The second kappa shape index (κ2) is 5.06. The summed E-state index contributed by atoms with van der Waals surface area (Å²) >= 11 is 0. The highest BCUT2D eigenvalue weighted by Crippen LogP contribution is 2.14. The molecular formula is C12H13NO2. The first-order valence-corrected chi connectivity index (χ1v) is 4.56. The molecule has 2 N–H and O–H groups in total. The molecule has 3 nitrogen and oxygen atoms in total. The van der Waals surface area contributed by atoms with E-state index in [9.17, 15) is 4.79 Å². The third-order valence-corrected chi connectivity index (χ3v) is 1.98. The van der Waals surface area contributed by atoms with Crippen LogP contribution < -0.4 is 5.73 Å². The lowest BCUT2D eigenvalue weighted by Gasteiger charge is -2.00. The van der Waals surface area contributed by atoms with E-state index < -0.39 is 0 Å². The Bertz CT molecular complexity index is 407. The number of hydrogen-bond acceptors (Lipinski definition) is 3. The van der Waals surface area contributed by atoms with Gasteiger partial charge in [0, 0.05) is 5.69 Å². The number of hydrogen-bond donors (Lipinski definition) is 1. The maximum atomic E-state index is 10.8.